The van der Waals surface area contributed by atoms with Crippen LogP contribution in [0, 0.1) is 5.92 Å². The molecule has 1 unspecified atom stereocenters. The first-order valence-corrected chi connectivity index (χ1v) is 6.21. The quantitative estimate of drug-likeness (QED) is 0.503. The van der Waals surface area contributed by atoms with Crippen molar-refractivity contribution in [1.82, 2.24) is 3.11 Å². The summed E-state index contributed by atoms with van der Waals surface area (Å²) in [6.07, 6.45) is 5.02. The van der Waals surface area contributed by atoms with Crippen LogP contribution >= 0.6 is 22.9 Å². The van der Waals surface area contributed by atoms with Crippen molar-refractivity contribution in [2.45, 2.75) is 38.2 Å². The third kappa shape index (κ3) is 2.36. The predicted molar refractivity (Wildman–Crippen MR) is 61.9 cm³/mol. The molecule has 0 radical (unpaired) electrons. The van der Waals surface area contributed by atoms with Gasteiger partial charge in [0.2, 0.25) is 0 Å². The molecule has 0 aromatic carbocycles. The summed E-state index contributed by atoms with van der Waals surface area (Å²) in [5, 5.41) is 0. The Labute approximate surface area is 94.5 Å². The van der Waals surface area contributed by atoms with Crippen molar-refractivity contribution in [2.75, 3.05) is 19.7 Å². The molecule has 3 heteroatoms. The average Bonchev–Trinajstić information content (AvgIpc) is 2.11. The third-order valence-corrected chi connectivity index (χ3v) is 4.32. The second-order valence-electron chi connectivity index (χ2n) is 4.54. The lowest BCUT2D eigenvalue weighted by Gasteiger charge is -2.44. The van der Waals surface area contributed by atoms with E-state index < -0.39 is 0 Å². The molecule has 2 aliphatic heterocycles. The van der Waals surface area contributed by atoms with Crippen LogP contribution in [-0.4, -0.2) is 28.4 Å². The summed E-state index contributed by atoms with van der Waals surface area (Å²) in [5.74, 6) is 0.870. The molecule has 2 aliphatic rings. The van der Waals surface area contributed by atoms with E-state index in [0.717, 1.165) is 12.5 Å². The Balaban J connectivity index is 1.95. The van der Waals surface area contributed by atoms with Gasteiger partial charge in [0.15, 0.2) is 0 Å². The molecule has 2 fully saturated rings. The van der Waals surface area contributed by atoms with E-state index in [1.807, 2.05) is 0 Å². The minimum absolute atomic E-state index is 0.263. The van der Waals surface area contributed by atoms with Gasteiger partial charge in [-0.05, 0) is 31.6 Å². The molecule has 0 aliphatic carbocycles. The van der Waals surface area contributed by atoms with Gasteiger partial charge in [-0.15, -0.1) is 0 Å². The van der Waals surface area contributed by atoms with Crippen molar-refractivity contribution in [3.63, 3.8) is 0 Å². The van der Waals surface area contributed by atoms with Crippen molar-refractivity contribution >= 4 is 22.9 Å². The summed E-state index contributed by atoms with van der Waals surface area (Å²) < 4.78 is 8.38. The van der Waals surface area contributed by atoms with Gasteiger partial charge in [-0.3, -0.25) is 0 Å². The molecule has 13 heavy (non-hydrogen) atoms. The van der Waals surface area contributed by atoms with Crippen LogP contribution in [0.5, 0.6) is 0 Å². The fourth-order valence-corrected chi connectivity index (χ4v) is 2.99. The number of nitrogens with zero attached hydrogens (tertiary/aromatic N) is 1. The Morgan fingerprint density at radius 1 is 1.38 bits per heavy atom. The molecule has 0 aromatic heterocycles. The Hall–Kier alpha value is 0.650. The number of ether oxygens (including phenoxy) is 1. The van der Waals surface area contributed by atoms with Crippen molar-refractivity contribution in [3.05, 3.63) is 0 Å². The van der Waals surface area contributed by atoms with Crippen LogP contribution in [0.1, 0.15) is 32.6 Å². The van der Waals surface area contributed by atoms with Gasteiger partial charge in [0, 0.05) is 42.6 Å². The maximum absolute atomic E-state index is 6.00. The Bertz CT molecular complexity index is 178. The van der Waals surface area contributed by atoms with E-state index >= 15 is 0 Å². The van der Waals surface area contributed by atoms with E-state index in [1.165, 1.54) is 38.8 Å². The van der Waals surface area contributed by atoms with E-state index in [2.05, 4.69) is 32.9 Å². The standard InChI is InChI=1S/C10H18INO/c1-9-2-7-13-10(8-9)3-5-12(11)6-4-10/h9H,2-8H2,1H3. The maximum atomic E-state index is 6.00. The third-order valence-electron chi connectivity index (χ3n) is 3.36. The summed E-state index contributed by atoms with van der Waals surface area (Å²) in [6, 6.07) is 0. The summed E-state index contributed by atoms with van der Waals surface area (Å²) >= 11 is 2.42. The molecular weight excluding hydrogens is 277 g/mol. The van der Waals surface area contributed by atoms with Gasteiger partial charge in [0.05, 0.1) is 5.60 Å². The minimum atomic E-state index is 0.263. The van der Waals surface area contributed by atoms with E-state index in [4.69, 9.17) is 4.74 Å². The zero-order valence-electron chi connectivity index (χ0n) is 8.26. The van der Waals surface area contributed by atoms with Crippen LogP contribution in [0.2, 0.25) is 0 Å². The van der Waals surface area contributed by atoms with E-state index in [1.54, 1.807) is 0 Å². The van der Waals surface area contributed by atoms with Crippen molar-refractivity contribution in [3.8, 4) is 0 Å². The van der Waals surface area contributed by atoms with Gasteiger partial charge in [0.25, 0.3) is 0 Å². The molecule has 0 N–H and O–H groups in total. The van der Waals surface area contributed by atoms with Crippen LogP contribution in [0.25, 0.3) is 0 Å². The van der Waals surface area contributed by atoms with Crippen LogP contribution in [0.3, 0.4) is 0 Å². The lowest BCUT2D eigenvalue weighted by Crippen LogP contribution is -2.46. The van der Waals surface area contributed by atoms with Gasteiger partial charge in [0.1, 0.15) is 0 Å². The lowest BCUT2D eigenvalue weighted by atomic mass is 9.81. The molecule has 2 saturated heterocycles. The van der Waals surface area contributed by atoms with Crippen LogP contribution in [-0.2, 0) is 4.74 Å². The number of halogens is 1. The maximum Gasteiger partial charge on any atom is 0.0710 e. The largest absolute Gasteiger partial charge is 0.375 e. The second-order valence-corrected chi connectivity index (χ2v) is 5.90. The molecule has 1 atom stereocenters. The normalized spacial score (nSPS) is 35.1. The van der Waals surface area contributed by atoms with E-state index in [-0.39, 0.29) is 5.60 Å². The molecule has 0 aromatic rings. The first kappa shape index (κ1) is 10.2. The van der Waals surface area contributed by atoms with Gasteiger partial charge < -0.3 is 4.74 Å². The number of hydrogen-bond acceptors (Lipinski definition) is 2. The molecular formula is C10H18INO. The highest BCUT2D eigenvalue weighted by Crippen LogP contribution is 2.37. The van der Waals surface area contributed by atoms with Crippen LogP contribution in [0.4, 0.5) is 0 Å². The zero-order valence-corrected chi connectivity index (χ0v) is 10.4. The summed E-state index contributed by atoms with van der Waals surface area (Å²) in [6.45, 7) is 5.75. The SMILES string of the molecule is CC1CCOC2(CCN(I)CC2)C1. The number of rotatable bonds is 0. The summed E-state index contributed by atoms with van der Waals surface area (Å²) in [7, 11) is 0. The molecule has 2 heterocycles. The molecule has 2 nitrogen and oxygen atoms in total. The van der Waals surface area contributed by atoms with E-state index in [0.29, 0.717) is 0 Å². The summed E-state index contributed by atoms with van der Waals surface area (Å²) in [4.78, 5) is 0. The molecule has 0 saturated carbocycles. The lowest BCUT2D eigenvalue weighted by molar-refractivity contribution is -0.116. The van der Waals surface area contributed by atoms with Crippen molar-refractivity contribution < 1.29 is 4.74 Å². The van der Waals surface area contributed by atoms with Crippen molar-refractivity contribution in [1.29, 1.82) is 0 Å². The first-order chi connectivity index (χ1) is 6.20. The number of hydrogen-bond donors (Lipinski definition) is 0. The molecule has 0 amide bonds. The Morgan fingerprint density at radius 2 is 2.08 bits per heavy atom. The molecule has 0 bridgehead atoms. The second kappa shape index (κ2) is 4.03. The number of piperidine rings is 1. The van der Waals surface area contributed by atoms with Gasteiger partial charge in [-0.2, -0.15) is 0 Å². The van der Waals surface area contributed by atoms with Crippen LogP contribution in [0.15, 0.2) is 0 Å². The van der Waals surface area contributed by atoms with Crippen molar-refractivity contribution in [2.24, 2.45) is 5.92 Å². The zero-order chi connectivity index (χ0) is 9.31. The van der Waals surface area contributed by atoms with E-state index in [9.17, 15) is 0 Å². The van der Waals surface area contributed by atoms with Gasteiger partial charge >= 0.3 is 0 Å². The fourth-order valence-electron chi connectivity index (χ4n) is 2.51. The topological polar surface area (TPSA) is 12.5 Å². The smallest absolute Gasteiger partial charge is 0.0710 e. The van der Waals surface area contributed by atoms with Crippen LogP contribution < -0.4 is 0 Å². The highest BCUT2D eigenvalue weighted by Gasteiger charge is 2.38. The monoisotopic (exact) mass is 295 g/mol. The Morgan fingerprint density at radius 3 is 2.69 bits per heavy atom. The predicted octanol–water partition coefficient (Wildman–Crippen LogP) is 2.62. The minimum Gasteiger partial charge on any atom is -0.375 e. The van der Waals surface area contributed by atoms with Gasteiger partial charge in [-0.1, -0.05) is 6.92 Å². The van der Waals surface area contributed by atoms with Gasteiger partial charge in [-0.25, -0.2) is 3.11 Å². The average molecular weight is 295 g/mol. The highest BCUT2D eigenvalue weighted by atomic mass is 127. The first-order valence-electron chi connectivity index (χ1n) is 5.25. The fraction of sp³-hybridized carbons (Fsp3) is 1.00. The highest BCUT2D eigenvalue weighted by molar-refractivity contribution is 14.1. The molecule has 76 valence electrons. The molecule has 1 spiro atoms. The molecule has 2 rings (SSSR count). The Kier molecular flexibility index (Phi) is 3.15. The summed E-state index contributed by atoms with van der Waals surface area (Å²) in [5.41, 5.74) is 0.263.